The number of carbonyl (C=O) groups excluding carboxylic acids is 2. The minimum Gasteiger partial charge on any atom is -0.486 e. The molecule has 1 aliphatic heterocycles. The number of ether oxygens (including phenoxy) is 2. The summed E-state index contributed by atoms with van der Waals surface area (Å²) in [7, 11) is 0. The van der Waals surface area contributed by atoms with Crippen LogP contribution in [0, 0.1) is 0 Å². The van der Waals surface area contributed by atoms with Gasteiger partial charge in [-0.25, -0.2) is 0 Å². The van der Waals surface area contributed by atoms with Crippen LogP contribution in [0.3, 0.4) is 0 Å². The van der Waals surface area contributed by atoms with Gasteiger partial charge in [-0.05, 0) is 56.5 Å². The number of fused-ring (bicyclic) bond motifs is 1. The van der Waals surface area contributed by atoms with Crippen LogP contribution in [-0.4, -0.2) is 42.0 Å². The van der Waals surface area contributed by atoms with Gasteiger partial charge in [-0.15, -0.1) is 0 Å². The first-order chi connectivity index (χ1) is 15.8. The van der Waals surface area contributed by atoms with Crippen LogP contribution < -0.4 is 14.8 Å². The van der Waals surface area contributed by atoms with E-state index >= 15 is 0 Å². The number of benzene rings is 2. The van der Waals surface area contributed by atoms with Gasteiger partial charge in [-0.3, -0.25) is 9.59 Å². The minimum absolute atomic E-state index is 0.0125. The fourth-order valence-electron chi connectivity index (χ4n) is 3.54. The third-order valence-corrected chi connectivity index (χ3v) is 6.50. The molecule has 0 spiro atoms. The number of nitrogens with zero attached hydrogens (tertiary/aromatic N) is 1. The van der Waals surface area contributed by atoms with E-state index in [1.54, 1.807) is 30.0 Å². The standard InChI is InChI=1S/C25H30Cl2N2O4/c1-4-16(2)28-25(31)17(3)29(15-19-20(26)6-5-7-21(19)27)24(30)11-9-18-8-10-22-23(14-18)33-13-12-32-22/h5-8,10,14,16-17H,4,9,11-13,15H2,1-3H3,(H,28,31)/t16-,17-/m1/s1. The Balaban J connectivity index is 1.77. The molecule has 3 rings (SSSR count). The highest BCUT2D eigenvalue weighted by Gasteiger charge is 2.28. The molecule has 2 amide bonds. The molecular formula is C25H30Cl2N2O4. The number of hydrogen-bond acceptors (Lipinski definition) is 4. The van der Waals surface area contributed by atoms with Crippen LogP contribution in [0.4, 0.5) is 0 Å². The van der Waals surface area contributed by atoms with Crippen molar-refractivity contribution in [3.8, 4) is 11.5 Å². The first kappa shape index (κ1) is 25.2. The van der Waals surface area contributed by atoms with E-state index in [1.165, 1.54) is 0 Å². The summed E-state index contributed by atoms with van der Waals surface area (Å²) in [5.41, 5.74) is 1.58. The highest BCUT2D eigenvalue weighted by Crippen LogP contribution is 2.31. The number of rotatable bonds is 9. The van der Waals surface area contributed by atoms with Gasteiger partial charge < -0.3 is 19.7 Å². The van der Waals surface area contributed by atoms with E-state index in [-0.39, 0.29) is 30.8 Å². The Morgan fingerprint density at radius 1 is 1.06 bits per heavy atom. The number of hydrogen-bond donors (Lipinski definition) is 1. The molecule has 2 aromatic carbocycles. The second-order valence-corrected chi connectivity index (χ2v) is 9.01. The first-order valence-corrected chi connectivity index (χ1v) is 12.0. The molecule has 0 saturated carbocycles. The van der Waals surface area contributed by atoms with E-state index in [0.717, 1.165) is 12.0 Å². The van der Waals surface area contributed by atoms with Gasteiger partial charge >= 0.3 is 0 Å². The topological polar surface area (TPSA) is 67.9 Å². The lowest BCUT2D eigenvalue weighted by Gasteiger charge is -2.30. The summed E-state index contributed by atoms with van der Waals surface area (Å²) in [4.78, 5) is 27.7. The van der Waals surface area contributed by atoms with Crippen LogP contribution in [0.15, 0.2) is 36.4 Å². The van der Waals surface area contributed by atoms with Gasteiger partial charge in [0.05, 0.1) is 0 Å². The summed E-state index contributed by atoms with van der Waals surface area (Å²) in [6.45, 7) is 6.84. The van der Waals surface area contributed by atoms with Crippen molar-refractivity contribution in [2.45, 2.75) is 58.7 Å². The quantitative estimate of drug-likeness (QED) is 0.532. The molecule has 0 aliphatic carbocycles. The molecule has 0 radical (unpaired) electrons. The van der Waals surface area contributed by atoms with Crippen LogP contribution in [0.1, 0.15) is 44.7 Å². The van der Waals surface area contributed by atoms with Gasteiger partial charge in [0.2, 0.25) is 11.8 Å². The predicted octanol–water partition coefficient (Wildman–Crippen LogP) is 5.03. The molecule has 8 heteroatoms. The SMILES string of the molecule is CC[C@@H](C)NC(=O)[C@@H](C)N(Cc1c(Cl)cccc1Cl)C(=O)CCc1ccc2c(c1)OCCO2. The number of nitrogens with one attached hydrogen (secondary N) is 1. The molecule has 2 aromatic rings. The number of halogens is 2. The molecule has 2 atom stereocenters. The fraction of sp³-hybridized carbons (Fsp3) is 0.440. The molecule has 33 heavy (non-hydrogen) atoms. The number of aryl methyl sites for hydroxylation is 1. The van der Waals surface area contributed by atoms with Crippen molar-refractivity contribution in [2.24, 2.45) is 0 Å². The maximum atomic E-state index is 13.3. The third kappa shape index (κ3) is 6.55. The second-order valence-electron chi connectivity index (χ2n) is 8.19. The Morgan fingerprint density at radius 3 is 2.39 bits per heavy atom. The van der Waals surface area contributed by atoms with Crippen LogP contribution >= 0.6 is 23.2 Å². The highest BCUT2D eigenvalue weighted by molar-refractivity contribution is 6.36. The van der Waals surface area contributed by atoms with Gasteiger partial charge in [-0.1, -0.05) is 42.3 Å². The van der Waals surface area contributed by atoms with Crippen molar-refractivity contribution in [3.05, 3.63) is 57.6 Å². The summed E-state index contributed by atoms with van der Waals surface area (Å²) >= 11 is 12.7. The largest absolute Gasteiger partial charge is 0.486 e. The third-order valence-electron chi connectivity index (χ3n) is 5.79. The van der Waals surface area contributed by atoms with Crippen molar-refractivity contribution in [3.63, 3.8) is 0 Å². The summed E-state index contributed by atoms with van der Waals surface area (Å²) in [5.74, 6) is 1.03. The van der Waals surface area contributed by atoms with Gasteiger partial charge in [0.25, 0.3) is 0 Å². The van der Waals surface area contributed by atoms with E-state index in [0.29, 0.717) is 46.7 Å². The summed E-state index contributed by atoms with van der Waals surface area (Å²) in [6, 6.07) is 10.2. The Bertz CT molecular complexity index is 978. The molecule has 0 aromatic heterocycles. The molecule has 0 fully saturated rings. The van der Waals surface area contributed by atoms with E-state index in [1.807, 2.05) is 32.0 Å². The Hall–Kier alpha value is -2.44. The van der Waals surface area contributed by atoms with E-state index in [4.69, 9.17) is 32.7 Å². The summed E-state index contributed by atoms with van der Waals surface area (Å²) < 4.78 is 11.2. The van der Waals surface area contributed by atoms with Crippen molar-refractivity contribution in [2.75, 3.05) is 13.2 Å². The zero-order valence-corrected chi connectivity index (χ0v) is 20.7. The van der Waals surface area contributed by atoms with Crippen molar-refractivity contribution >= 4 is 35.0 Å². The fourth-order valence-corrected chi connectivity index (χ4v) is 4.06. The molecule has 0 saturated heterocycles. The van der Waals surface area contributed by atoms with E-state index < -0.39 is 6.04 Å². The van der Waals surface area contributed by atoms with Gasteiger partial charge in [0.15, 0.2) is 11.5 Å². The van der Waals surface area contributed by atoms with E-state index in [2.05, 4.69) is 5.32 Å². The molecule has 0 bridgehead atoms. The molecule has 1 N–H and O–H groups in total. The van der Waals surface area contributed by atoms with Gasteiger partial charge in [0, 0.05) is 34.6 Å². The Labute approximate surface area is 205 Å². The lowest BCUT2D eigenvalue weighted by Crippen LogP contribution is -2.49. The van der Waals surface area contributed by atoms with Gasteiger partial charge in [-0.2, -0.15) is 0 Å². The van der Waals surface area contributed by atoms with Crippen molar-refractivity contribution in [1.82, 2.24) is 10.2 Å². The lowest BCUT2D eigenvalue weighted by molar-refractivity contribution is -0.140. The maximum Gasteiger partial charge on any atom is 0.242 e. The molecule has 178 valence electrons. The molecule has 0 unspecified atom stereocenters. The van der Waals surface area contributed by atoms with Gasteiger partial charge in [0.1, 0.15) is 19.3 Å². The van der Waals surface area contributed by atoms with E-state index in [9.17, 15) is 9.59 Å². The summed E-state index contributed by atoms with van der Waals surface area (Å²) in [6.07, 6.45) is 1.53. The van der Waals surface area contributed by atoms with Crippen LogP contribution in [0.2, 0.25) is 10.0 Å². The van der Waals surface area contributed by atoms with Crippen molar-refractivity contribution in [1.29, 1.82) is 0 Å². The maximum absolute atomic E-state index is 13.3. The lowest BCUT2D eigenvalue weighted by atomic mass is 10.1. The molecule has 6 nitrogen and oxygen atoms in total. The zero-order valence-electron chi connectivity index (χ0n) is 19.2. The predicted molar refractivity (Wildman–Crippen MR) is 130 cm³/mol. The molecule has 1 aliphatic rings. The van der Waals surface area contributed by atoms with Crippen LogP contribution in [-0.2, 0) is 22.6 Å². The average Bonchev–Trinajstić information content (AvgIpc) is 2.81. The molecule has 1 heterocycles. The second kappa shape index (κ2) is 11.6. The van der Waals surface area contributed by atoms with Crippen molar-refractivity contribution < 1.29 is 19.1 Å². The number of carbonyl (C=O) groups is 2. The number of amides is 2. The normalized spacial score (nSPS) is 14.3. The first-order valence-electron chi connectivity index (χ1n) is 11.2. The Morgan fingerprint density at radius 2 is 1.73 bits per heavy atom. The smallest absolute Gasteiger partial charge is 0.242 e. The highest BCUT2D eigenvalue weighted by atomic mass is 35.5. The monoisotopic (exact) mass is 492 g/mol. The summed E-state index contributed by atoms with van der Waals surface area (Å²) in [5, 5.41) is 3.88. The average molecular weight is 493 g/mol. The molecular weight excluding hydrogens is 463 g/mol. The van der Waals surface area contributed by atoms with Crippen LogP contribution in [0.5, 0.6) is 11.5 Å². The van der Waals surface area contributed by atoms with Crippen LogP contribution in [0.25, 0.3) is 0 Å². The minimum atomic E-state index is -0.681. The Kier molecular flexibility index (Phi) is 8.87. The zero-order chi connectivity index (χ0) is 24.0.